The number of fused-ring (bicyclic) bond motifs is 1. The van der Waals surface area contributed by atoms with Gasteiger partial charge in [0, 0.05) is 12.2 Å². The third-order valence-electron chi connectivity index (χ3n) is 5.51. The Hall–Kier alpha value is -3.85. The molecular formula is C25H24N2O6S. The zero-order valence-electron chi connectivity index (χ0n) is 18.7. The van der Waals surface area contributed by atoms with E-state index in [4.69, 9.17) is 9.47 Å². The van der Waals surface area contributed by atoms with Crippen LogP contribution in [0.4, 0.5) is 11.4 Å². The zero-order valence-corrected chi connectivity index (χ0v) is 19.5. The molecule has 3 aromatic rings. The summed E-state index contributed by atoms with van der Waals surface area (Å²) in [6.45, 7) is 1.78. The van der Waals surface area contributed by atoms with Crippen LogP contribution in [0.15, 0.2) is 77.7 Å². The Balaban J connectivity index is 1.45. The molecule has 34 heavy (non-hydrogen) atoms. The number of carbonyl (C=O) groups is 2. The number of nitrogens with one attached hydrogen (secondary N) is 1. The number of benzene rings is 3. The van der Waals surface area contributed by atoms with Crippen LogP contribution in [-0.2, 0) is 26.0 Å². The molecule has 8 nitrogen and oxygen atoms in total. The summed E-state index contributed by atoms with van der Waals surface area (Å²) < 4.78 is 38.2. The highest BCUT2D eigenvalue weighted by molar-refractivity contribution is 7.92. The molecule has 176 valence electrons. The van der Waals surface area contributed by atoms with Crippen LogP contribution in [0.5, 0.6) is 5.75 Å². The first kappa shape index (κ1) is 23.3. The third kappa shape index (κ3) is 4.74. The maximum absolute atomic E-state index is 13.3. The van der Waals surface area contributed by atoms with Gasteiger partial charge in [-0.3, -0.25) is 9.10 Å². The van der Waals surface area contributed by atoms with Gasteiger partial charge in [0.25, 0.3) is 15.9 Å². The average Bonchev–Trinajstić information content (AvgIpc) is 3.29. The van der Waals surface area contributed by atoms with Crippen molar-refractivity contribution in [2.24, 2.45) is 0 Å². The maximum Gasteiger partial charge on any atom is 0.338 e. The summed E-state index contributed by atoms with van der Waals surface area (Å²) >= 11 is 0. The van der Waals surface area contributed by atoms with Crippen LogP contribution in [0, 0.1) is 0 Å². The van der Waals surface area contributed by atoms with Crippen LogP contribution < -0.4 is 14.4 Å². The summed E-state index contributed by atoms with van der Waals surface area (Å²) in [6.07, 6.45) is -0.474. The molecule has 0 saturated heterocycles. The van der Waals surface area contributed by atoms with Crippen molar-refractivity contribution in [1.82, 2.24) is 0 Å². The standard InChI is InChI=1S/C25H24N2O6S/c1-17(24(28)26-20-10-12-21(32-2)13-11-20)33-25(29)19-7-5-8-22(16-19)34(30,31)27-15-14-18-6-3-4-9-23(18)27/h3-13,16-17H,14-15H2,1-2H3,(H,26,28). The highest BCUT2D eigenvalue weighted by atomic mass is 32.2. The summed E-state index contributed by atoms with van der Waals surface area (Å²) in [4.78, 5) is 25.1. The van der Waals surface area contributed by atoms with Gasteiger partial charge in [-0.05, 0) is 67.4 Å². The van der Waals surface area contributed by atoms with Gasteiger partial charge in [0.2, 0.25) is 0 Å². The summed E-state index contributed by atoms with van der Waals surface area (Å²) in [5.74, 6) is -0.669. The van der Waals surface area contributed by atoms with E-state index in [1.165, 1.54) is 35.5 Å². The molecule has 0 radical (unpaired) electrons. The van der Waals surface area contributed by atoms with E-state index in [1.807, 2.05) is 12.1 Å². The molecule has 1 atom stereocenters. The Labute approximate surface area is 198 Å². The van der Waals surface area contributed by atoms with Gasteiger partial charge in [-0.2, -0.15) is 0 Å². The number of para-hydroxylation sites is 1. The maximum atomic E-state index is 13.3. The van der Waals surface area contributed by atoms with Crippen LogP contribution in [0.2, 0.25) is 0 Å². The van der Waals surface area contributed by atoms with Gasteiger partial charge in [-0.1, -0.05) is 24.3 Å². The lowest BCUT2D eigenvalue weighted by Crippen LogP contribution is -2.30. The molecule has 0 aliphatic carbocycles. The molecule has 0 aromatic heterocycles. The molecule has 0 spiro atoms. The molecule has 3 aromatic carbocycles. The smallest absolute Gasteiger partial charge is 0.338 e. The predicted molar refractivity (Wildman–Crippen MR) is 128 cm³/mol. The van der Waals surface area contributed by atoms with Crippen molar-refractivity contribution in [3.8, 4) is 5.75 Å². The number of hydrogen-bond donors (Lipinski definition) is 1. The van der Waals surface area contributed by atoms with Gasteiger partial charge >= 0.3 is 5.97 Å². The number of hydrogen-bond acceptors (Lipinski definition) is 6. The second-order valence-corrected chi connectivity index (χ2v) is 9.61. The number of rotatable bonds is 7. The molecule has 0 saturated carbocycles. The first-order valence-corrected chi connectivity index (χ1v) is 12.1. The number of sulfonamides is 1. The normalized spacial score (nSPS) is 13.6. The summed E-state index contributed by atoms with van der Waals surface area (Å²) in [5.41, 5.74) is 2.16. The number of nitrogens with zero attached hydrogens (tertiary/aromatic N) is 1. The van der Waals surface area contributed by atoms with Gasteiger partial charge in [-0.15, -0.1) is 0 Å². The Morgan fingerprint density at radius 3 is 2.47 bits per heavy atom. The second-order valence-electron chi connectivity index (χ2n) is 7.75. The topological polar surface area (TPSA) is 102 Å². The van der Waals surface area contributed by atoms with Crippen molar-refractivity contribution in [3.05, 3.63) is 83.9 Å². The fraction of sp³-hybridized carbons (Fsp3) is 0.200. The van der Waals surface area contributed by atoms with Crippen molar-refractivity contribution in [3.63, 3.8) is 0 Å². The number of amides is 1. The van der Waals surface area contributed by atoms with Crippen LogP contribution in [0.1, 0.15) is 22.8 Å². The fourth-order valence-electron chi connectivity index (χ4n) is 3.67. The Morgan fingerprint density at radius 1 is 1.00 bits per heavy atom. The van der Waals surface area contributed by atoms with Crippen LogP contribution in [0.3, 0.4) is 0 Å². The molecule has 4 rings (SSSR count). The van der Waals surface area contributed by atoms with E-state index >= 15 is 0 Å². The minimum atomic E-state index is -3.86. The van der Waals surface area contributed by atoms with E-state index in [2.05, 4.69) is 5.32 Å². The summed E-state index contributed by atoms with van der Waals surface area (Å²) in [6, 6.07) is 19.7. The zero-order chi connectivity index (χ0) is 24.3. The molecule has 0 bridgehead atoms. The first-order chi connectivity index (χ1) is 16.3. The monoisotopic (exact) mass is 480 g/mol. The molecular weight excluding hydrogens is 456 g/mol. The SMILES string of the molecule is COc1ccc(NC(=O)C(C)OC(=O)c2cccc(S(=O)(=O)N3CCc4ccccc43)c2)cc1. The van der Waals surface area contributed by atoms with Crippen molar-refractivity contribution in [2.75, 3.05) is 23.3 Å². The molecule has 1 amide bonds. The fourth-order valence-corrected chi connectivity index (χ4v) is 5.22. The van der Waals surface area contributed by atoms with E-state index in [-0.39, 0.29) is 10.5 Å². The van der Waals surface area contributed by atoms with Crippen LogP contribution >= 0.6 is 0 Å². The van der Waals surface area contributed by atoms with Crippen LogP contribution in [-0.4, -0.2) is 40.1 Å². The molecule has 1 aliphatic rings. The van der Waals surface area contributed by atoms with Crippen molar-refractivity contribution in [1.29, 1.82) is 0 Å². The van der Waals surface area contributed by atoms with Gasteiger partial charge in [-0.25, -0.2) is 13.2 Å². The average molecular weight is 481 g/mol. The number of esters is 1. The first-order valence-electron chi connectivity index (χ1n) is 10.7. The van der Waals surface area contributed by atoms with Gasteiger partial charge < -0.3 is 14.8 Å². The molecule has 1 unspecified atom stereocenters. The molecule has 1 N–H and O–H groups in total. The molecule has 9 heteroatoms. The number of anilines is 2. The second kappa shape index (κ2) is 9.56. The summed E-state index contributed by atoms with van der Waals surface area (Å²) in [7, 11) is -2.32. The lowest BCUT2D eigenvalue weighted by molar-refractivity contribution is -0.123. The van der Waals surface area contributed by atoms with E-state index < -0.39 is 28.0 Å². The third-order valence-corrected chi connectivity index (χ3v) is 7.32. The van der Waals surface area contributed by atoms with Gasteiger partial charge in [0.1, 0.15) is 5.75 Å². The largest absolute Gasteiger partial charge is 0.497 e. The Morgan fingerprint density at radius 2 is 1.74 bits per heavy atom. The number of ether oxygens (including phenoxy) is 2. The van der Waals surface area contributed by atoms with E-state index in [9.17, 15) is 18.0 Å². The van der Waals surface area contributed by atoms with E-state index in [0.29, 0.717) is 30.1 Å². The minimum Gasteiger partial charge on any atom is -0.497 e. The van der Waals surface area contributed by atoms with Gasteiger partial charge in [0.05, 0.1) is 23.3 Å². The van der Waals surface area contributed by atoms with Crippen molar-refractivity contribution >= 4 is 33.3 Å². The number of carbonyl (C=O) groups excluding carboxylic acids is 2. The Kier molecular flexibility index (Phi) is 6.56. The van der Waals surface area contributed by atoms with E-state index in [0.717, 1.165) is 5.56 Å². The Bertz CT molecular complexity index is 1320. The highest BCUT2D eigenvalue weighted by Gasteiger charge is 2.31. The lowest BCUT2D eigenvalue weighted by atomic mass is 10.2. The highest BCUT2D eigenvalue weighted by Crippen LogP contribution is 2.32. The van der Waals surface area contributed by atoms with Gasteiger partial charge in [0.15, 0.2) is 6.10 Å². The van der Waals surface area contributed by atoms with Crippen molar-refractivity contribution in [2.45, 2.75) is 24.3 Å². The summed E-state index contributed by atoms with van der Waals surface area (Å²) in [5, 5.41) is 2.66. The number of methoxy groups -OCH3 is 1. The predicted octanol–water partition coefficient (Wildman–Crippen LogP) is 3.63. The minimum absolute atomic E-state index is 0.0195. The van der Waals surface area contributed by atoms with Crippen molar-refractivity contribution < 1.29 is 27.5 Å². The quantitative estimate of drug-likeness (QED) is 0.518. The van der Waals surface area contributed by atoms with E-state index in [1.54, 1.807) is 43.5 Å². The lowest BCUT2D eigenvalue weighted by Gasteiger charge is -2.20. The molecule has 1 heterocycles. The molecule has 1 aliphatic heterocycles. The van der Waals surface area contributed by atoms with Crippen LogP contribution in [0.25, 0.3) is 0 Å². The molecule has 0 fully saturated rings.